The Morgan fingerprint density at radius 3 is 2.23 bits per heavy atom. The Balaban J connectivity index is 1.34. The van der Waals surface area contributed by atoms with Crippen LogP contribution in [0.15, 0.2) is 48.9 Å². The van der Waals surface area contributed by atoms with E-state index in [2.05, 4.69) is 15.3 Å². The number of rotatable bonds is 19. The topological polar surface area (TPSA) is 181 Å². The zero-order valence-electron chi connectivity index (χ0n) is 34.0. The van der Waals surface area contributed by atoms with Gasteiger partial charge in [-0.3, -0.25) is 38.5 Å². The molecule has 2 amide bonds. The van der Waals surface area contributed by atoms with Crippen LogP contribution in [0.25, 0.3) is 0 Å². The third kappa shape index (κ3) is 11.1. The van der Waals surface area contributed by atoms with E-state index in [-0.39, 0.29) is 72.5 Å². The summed E-state index contributed by atoms with van der Waals surface area (Å²) in [7, 11) is 0. The van der Waals surface area contributed by atoms with E-state index >= 15 is 0 Å². The van der Waals surface area contributed by atoms with Crippen LogP contribution < -0.4 is 5.32 Å². The fourth-order valence-corrected chi connectivity index (χ4v) is 9.50. The number of fused-ring (bicyclic) bond motifs is 1. The molecule has 0 spiro atoms. The van der Waals surface area contributed by atoms with E-state index in [1.54, 1.807) is 29.2 Å². The van der Waals surface area contributed by atoms with Crippen molar-refractivity contribution in [3.63, 3.8) is 0 Å². The molecule has 3 aliphatic rings. The standard InChI is InChI=1S/C45H60N4O8/c1-5-13-30(40(53)38(52)24-32(44(56)57)22-28-14-8-6-9-15-28)23-37(51)39-33-19-12-18-31(33)27-49(39)43(55)41(45(2,3)4)48-42(54)34(29-16-10-7-11-17-29)25-36(50)35-26-46-20-21-47-35/h6,8-9,14-15,20-21,26,29-34,39,41H,5,7,10-13,16-19,22-25,27H2,1-4H3,(H,48,54)(H,56,57)/t30?,31-,32+,33-,34+,39?,41+/m0/s1. The van der Waals surface area contributed by atoms with Gasteiger partial charge in [0.25, 0.3) is 0 Å². The van der Waals surface area contributed by atoms with E-state index in [1.165, 1.54) is 18.6 Å². The van der Waals surface area contributed by atoms with E-state index in [9.17, 15) is 38.7 Å². The molecule has 7 atom stereocenters. The van der Waals surface area contributed by atoms with Gasteiger partial charge in [0.2, 0.25) is 17.6 Å². The summed E-state index contributed by atoms with van der Waals surface area (Å²) in [6.45, 7) is 7.82. The first-order valence-corrected chi connectivity index (χ1v) is 21.0. The molecule has 2 heterocycles. The number of nitrogens with one attached hydrogen (secondary N) is 1. The second kappa shape index (κ2) is 19.7. The molecule has 0 radical (unpaired) electrons. The summed E-state index contributed by atoms with van der Waals surface area (Å²) in [5, 5.41) is 13.0. The van der Waals surface area contributed by atoms with Crippen molar-refractivity contribution in [1.82, 2.24) is 20.2 Å². The summed E-state index contributed by atoms with van der Waals surface area (Å²) in [6, 6.07) is 7.13. The Kier molecular flexibility index (Phi) is 15.0. The van der Waals surface area contributed by atoms with Crippen molar-refractivity contribution in [3.8, 4) is 0 Å². The molecule has 2 unspecified atom stereocenters. The lowest BCUT2D eigenvalue weighted by Gasteiger charge is -2.38. The predicted molar refractivity (Wildman–Crippen MR) is 213 cm³/mol. The van der Waals surface area contributed by atoms with Gasteiger partial charge in [0, 0.05) is 50.0 Å². The first kappa shape index (κ1) is 43.5. The lowest BCUT2D eigenvalue weighted by atomic mass is 9.76. The van der Waals surface area contributed by atoms with Gasteiger partial charge in [-0.25, -0.2) is 4.98 Å². The molecule has 1 aromatic heterocycles. The maximum Gasteiger partial charge on any atom is 0.307 e. The quantitative estimate of drug-likeness (QED) is 0.122. The van der Waals surface area contributed by atoms with Crippen molar-refractivity contribution in [3.05, 3.63) is 60.2 Å². The highest BCUT2D eigenvalue weighted by molar-refractivity contribution is 6.38. The smallest absolute Gasteiger partial charge is 0.307 e. The number of hydrogen-bond acceptors (Lipinski definition) is 9. The number of benzene rings is 1. The Morgan fingerprint density at radius 2 is 1.60 bits per heavy atom. The fourth-order valence-electron chi connectivity index (χ4n) is 9.50. The molecule has 2 saturated carbocycles. The van der Waals surface area contributed by atoms with Crippen molar-refractivity contribution < 1.29 is 38.7 Å². The molecule has 3 fully saturated rings. The van der Waals surface area contributed by atoms with Gasteiger partial charge in [0.1, 0.15) is 11.7 Å². The average molecular weight is 785 g/mol. The van der Waals surface area contributed by atoms with Crippen molar-refractivity contribution in [2.24, 2.45) is 40.9 Å². The molecule has 308 valence electrons. The number of Topliss-reactive ketones (excluding diaryl/α,β-unsaturated/α-hetero) is 4. The minimum Gasteiger partial charge on any atom is -0.481 e. The SMILES string of the molecule is CCCC(CC(=O)C1[C@H]2CCC[C@H]2CN1C(=O)[C@@H](NC(=O)[C@H](CC(=O)c1cnccn1)C1CCCCC1)C(C)(C)C)C(=O)C(=O)C[C@@H](Cc1ccccc1)C(=O)O. The fraction of sp³-hybridized carbons (Fsp3) is 0.622. The molecular weight excluding hydrogens is 725 g/mol. The Hall–Kier alpha value is -4.61. The van der Waals surface area contributed by atoms with E-state index in [4.69, 9.17) is 0 Å². The van der Waals surface area contributed by atoms with Crippen LogP contribution in [0.5, 0.6) is 0 Å². The molecule has 5 rings (SSSR count). The summed E-state index contributed by atoms with van der Waals surface area (Å²) < 4.78 is 0. The molecule has 2 aromatic rings. The second-order valence-electron chi connectivity index (χ2n) is 17.7. The molecule has 12 heteroatoms. The van der Waals surface area contributed by atoms with Crippen molar-refractivity contribution in [1.29, 1.82) is 0 Å². The number of carbonyl (C=O) groups is 7. The third-order valence-electron chi connectivity index (χ3n) is 12.5. The largest absolute Gasteiger partial charge is 0.481 e. The minimum absolute atomic E-state index is 0.0320. The van der Waals surface area contributed by atoms with Crippen molar-refractivity contribution in [2.75, 3.05) is 6.54 Å². The van der Waals surface area contributed by atoms with E-state index in [0.29, 0.717) is 13.0 Å². The van der Waals surface area contributed by atoms with Gasteiger partial charge < -0.3 is 15.3 Å². The average Bonchev–Trinajstić information content (AvgIpc) is 3.80. The van der Waals surface area contributed by atoms with Gasteiger partial charge in [-0.05, 0) is 67.3 Å². The van der Waals surface area contributed by atoms with Crippen molar-refractivity contribution >= 4 is 40.9 Å². The molecule has 2 aliphatic carbocycles. The molecule has 12 nitrogen and oxygen atoms in total. The van der Waals surface area contributed by atoms with Crippen LogP contribution in [0.2, 0.25) is 0 Å². The van der Waals surface area contributed by atoms with Crippen LogP contribution >= 0.6 is 0 Å². The van der Waals surface area contributed by atoms with Crippen LogP contribution in [0.3, 0.4) is 0 Å². The van der Waals surface area contributed by atoms with Gasteiger partial charge in [0.15, 0.2) is 17.3 Å². The number of nitrogens with zero attached hydrogens (tertiary/aromatic N) is 3. The first-order valence-electron chi connectivity index (χ1n) is 21.0. The number of amides is 2. The van der Waals surface area contributed by atoms with Crippen molar-refractivity contribution in [2.45, 2.75) is 130 Å². The van der Waals surface area contributed by atoms with E-state index in [0.717, 1.165) is 56.9 Å². The summed E-state index contributed by atoms with van der Waals surface area (Å²) >= 11 is 0. The summed E-state index contributed by atoms with van der Waals surface area (Å²) in [6.07, 6.45) is 11.6. The lowest BCUT2D eigenvalue weighted by Crippen LogP contribution is -2.58. The van der Waals surface area contributed by atoms with Crippen LogP contribution in [-0.2, 0) is 35.2 Å². The van der Waals surface area contributed by atoms with Gasteiger partial charge in [-0.1, -0.05) is 90.1 Å². The molecule has 1 aromatic carbocycles. The Bertz CT molecular complexity index is 1750. The summed E-state index contributed by atoms with van der Waals surface area (Å²) in [5.74, 6) is -6.75. The number of aromatic nitrogens is 2. The minimum atomic E-state index is -1.17. The maximum absolute atomic E-state index is 14.8. The summed E-state index contributed by atoms with van der Waals surface area (Å²) in [5.41, 5.74) is 0.180. The molecule has 57 heavy (non-hydrogen) atoms. The van der Waals surface area contributed by atoms with Crippen LogP contribution in [-0.4, -0.2) is 79.5 Å². The number of ketones is 4. The van der Waals surface area contributed by atoms with Crippen LogP contribution in [0.4, 0.5) is 0 Å². The van der Waals surface area contributed by atoms with Crippen LogP contribution in [0.1, 0.15) is 127 Å². The number of likely N-dealkylation sites (tertiary alicyclic amines) is 1. The second-order valence-corrected chi connectivity index (χ2v) is 17.7. The van der Waals surface area contributed by atoms with Gasteiger partial charge in [-0.2, -0.15) is 0 Å². The Morgan fingerprint density at radius 1 is 0.877 bits per heavy atom. The molecule has 0 bridgehead atoms. The molecule has 1 aliphatic heterocycles. The highest BCUT2D eigenvalue weighted by Gasteiger charge is 2.52. The first-order chi connectivity index (χ1) is 27.2. The molecule has 2 N–H and O–H groups in total. The summed E-state index contributed by atoms with van der Waals surface area (Å²) in [4.78, 5) is 106. The van der Waals surface area contributed by atoms with Crippen LogP contribution in [0, 0.1) is 40.9 Å². The van der Waals surface area contributed by atoms with E-state index < -0.39 is 59.2 Å². The molecule has 1 saturated heterocycles. The number of carbonyl (C=O) groups excluding carboxylic acids is 6. The number of hydrogen-bond donors (Lipinski definition) is 2. The normalized spacial score (nSPS) is 21.8. The highest BCUT2D eigenvalue weighted by Crippen LogP contribution is 2.44. The zero-order chi connectivity index (χ0) is 41.3. The maximum atomic E-state index is 14.8. The Labute approximate surface area is 336 Å². The number of carboxylic acid groups (broad SMARTS) is 1. The van der Waals surface area contributed by atoms with E-state index in [1.807, 2.05) is 33.8 Å². The van der Waals surface area contributed by atoms with Gasteiger partial charge in [-0.15, -0.1) is 0 Å². The van der Waals surface area contributed by atoms with Gasteiger partial charge in [0.05, 0.1) is 18.2 Å². The molecular formula is C45H60N4O8. The zero-order valence-corrected chi connectivity index (χ0v) is 34.0. The third-order valence-corrected chi connectivity index (χ3v) is 12.5. The van der Waals surface area contributed by atoms with Gasteiger partial charge >= 0.3 is 5.97 Å². The number of carboxylic acids is 1. The predicted octanol–water partition coefficient (Wildman–Crippen LogP) is 6.25. The monoisotopic (exact) mass is 784 g/mol. The number of aliphatic carboxylic acids is 1. The highest BCUT2D eigenvalue weighted by atomic mass is 16.4. The lowest BCUT2D eigenvalue weighted by molar-refractivity contribution is -0.147.